The first-order valence-corrected chi connectivity index (χ1v) is 7.47. The van der Waals surface area contributed by atoms with Crippen LogP contribution in [0.2, 0.25) is 0 Å². The van der Waals surface area contributed by atoms with E-state index < -0.39 is 0 Å². The molecule has 0 aliphatic carbocycles. The number of benzene rings is 2. The number of anilines is 1. The van der Waals surface area contributed by atoms with E-state index in [2.05, 4.69) is 65.0 Å². The van der Waals surface area contributed by atoms with Gasteiger partial charge in [-0.05, 0) is 24.9 Å². The Hall–Kier alpha value is -1.58. The molecule has 2 N–H and O–H groups in total. The topological polar surface area (TPSA) is 27.3 Å². The highest BCUT2D eigenvalue weighted by molar-refractivity contribution is 5.93. The molecule has 0 radical (unpaired) electrons. The van der Waals surface area contributed by atoms with E-state index >= 15 is 0 Å². The second-order valence-corrected chi connectivity index (χ2v) is 5.58. The van der Waals surface area contributed by atoms with Crippen LogP contribution in [0.4, 0.5) is 5.69 Å². The molecular formula is C17H23N3. The SMILES string of the molecule is CN1CCNCC1CCNc1cccc2ccccc12. The van der Waals surface area contributed by atoms with Gasteiger partial charge in [0.15, 0.2) is 0 Å². The van der Waals surface area contributed by atoms with Gasteiger partial charge in [-0.25, -0.2) is 0 Å². The standard InChI is InChI=1S/C17H23N3/c1-20-12-11-18-13-15(20)9-10-19-17-8-4-6-14-5-2-3-7-16(14)17/h2-8,15,18-19H,9-13H2,1H3. The molecule has 2 aromatic carbocycles. The Morgan fingerprint density at radius 3 is 2.95 bits per heavy atom. The van der Waals surface area contributed by atoms with Crippen molar-refractivity contribution in [3.63, 3.8) is 0 Å². The molecule has 20 heavy (non-hydrogen) atoms. The van der Waals surface area contributed by atoms with E-state index in [1.807, 2.05) is 0 Å². The molecule has 3 rings (SSSR count). The number of likely N-dealkylation sites (N-methyl/N-ethyl adjacent to an activating group) is 1. The highest BCUT2D eigenvalue weighted by atomic mass is 15.2. The number of piperazine rings is 1. The zero-order valence-corrected chi connectivity index (χ0v) is 12.1. The van der Waals surface area contributed by atoms with Crippen molar-refractivity contribution in [2.45, 2.75) is 12.5 Å². The summed E-state index contributed by atoms with van der Waals surface area (Å²) in [7, 11) is 2.23. The van der Waals surface area contributed by atoms with E-state index in [1.165, 1.54) is 22.9 Å². The van der Waals surface area contributed by atoms with Gasteiger partial charge >= 0.3 is 0 Å². The maximum absolute atomic E-state index is 3.60. The van der Waals surface area contributed by atoms with E-state index in [9.17, 15) is 0 Å². The molecule has 1 atom stereocenters. The van der Waals surface area contributed by atoms with Crippen LogP contribution in [-0.4, -0.2) is 44.2 Å². The van der Waals surface area contributed by atoms with Crippen molar-refractivity contribution in [1.29, 1.82) is 0 Å². The summed E-state index contributed by atoms with van der Waals surface area (Å²) in [6, 6.07) is 15.7. The zero-order chi connectivity index (χ0) is 13.8. The lowest BCUT2D eigenvalue weighted by Crippen LogP contribution is -2.49. The van der Waals surface area contributed by atoms with Crippen molar-refractivity contribution >= 4 is 16.5 Å². The van der Waals surface area contributed by atoms with Crippen LogP contribution in [0.3, 0.4) is 0 Å². The molecule has 1 heterocycles. The lowest BCUT2D eigenvalue weighted by molar-refractivity contribution is 0.194. The number of hydrogen-bond acceptors (Lipinski definition) is 3. The van der Waals surface area contributed by atoms with E-state index in [0.29, 0.717) is 6.04 Å². The number of hydrogen-bond donors (Lipinski definition) is 2. The molecule has 106 valence electrons. The molecule has 3 nitrogen and oxygen atoms in total. The first-order valence-electron chi connectivity index (χ1n) is 7.47. The molecule has 0 aromatic heterocycles. The summed E-state index contributed by atoms with van der Waals surface area (Å²) in [6.07, 6.45) is 1.17. The fourth-order valence-electron chi connectivity index (χ4n) is 2.94. The minimum Gasteiger partial charge on any atom is -0.384 e. The molecular weight excluding hydrogens is 246 g/mol. The fraction of sp³-hybridized carbons (Fsp3) is 0.412. The lowest BCUT2D eigenvalue weighted by Gasteiger charge is -2.33. The van der Waals surface area contributed by atoms with E-state index in [0.717, 1.165) is 26.2 Å². The molecule has 0 bridgehead atoms. The third kappa shape index (κ3) is 2.94. The van der Waals surface area contributed by atoms with Crippen LogP contribution in [0.1, 0.15) is 6.42 Å². The van der Waals surface area contributed by atoms with Crippen molar-refractivity contribution in [3.8, 4) is 0 Å². The fourth-order valence-corrected chi connectivity index (χ4v) is 2.94. The Kier molecular flexibility index (Phi) is 4.19. The summed E-state index contributed by atoms with van der Waals surface area (Å²) in [5.74, 6) is 0. The van der Waals surface area contributed by atoms with Crippen molar-refractivity contribution in [2.75, 3.05) is 38.5 Å². The van der Waals surface area contributed by atoms with E-state index in [4.69, 9.17) is 0 Å². The Bertz CT molecular complexity index is 562. The Balaban J connectivity index is 1.62. The van der Waals surface area contributed by atoms with E-state index in [1.54, 1.807) is 0 Å². The molecule has 2 aromatic rings. The predicted molar refractivity (Wildman–Crippen MR) is 86.3 cm³/mol. The highest BCUT2D eigenvalue weighted by Gasteiger charge is 2.17. The van der Waals surface area contributed by atoms with Crippen LogP contribution in [-0.2, 0) is 0 Å². The number of nitrogens with zero attached hydrogens (tertiary/aromatic N) is 1. The van der Waals surface area contributed by atoms with Gasteiger partial charge < -0.3 is 15.5 Å². The average molecular weight is 269 g/mol. The van der Waals surface area contributed by atoms with Gasteiger partial charge in [-0.2, -0.15) is 0 Å². The van der Waals surface area contributed by atoms with Crippen LogP contribution in [0.5, 0.6) is 0 Å². The monoisotopic (exact) mass is 269 g/mol. The lowest BCUT2D eigenvalue weighted by atomic mass is 10.1. The largest absolute Gasteiger partial charge is 0.384 e. The number of rotatable bonds is 4. The molecule has 0 amide bonds. The van der Waals surface area contributed by atoms with E-state index in [-0.39, 0.29) is 0 Å². The van der Waals surface area contributed by atoms with Gasteiger partial charge in [0, 0.05) is 43.3 Å². The zero-order valence-electron chi connectivity index (χ0n) is 12.1. The Morgan fingerprint density at radius 2 is 2.05 bits per heavy atom. The number of nitrogens with one attached hydrogen (secondary N) is 2. The van der Waals surface area contributed by atoms with Crippen LogP contribution in [0, 0.1) is 0 Å². The van der Waals surface area contributed by atoms with Gasteiger partial charge in [-0.3, -0.25) is 0 Å². The molecule has 0 saturated carbocycles. The summed E-state index contributed by atoms with van der Waals surface area (Å²) >= 11 is 0. The van der Waals surface area contributed by atoms with Gasteiger partial charge in [0.1, 0.15) is 0 Å². The van der Waals surface area contributed by atoms with Gasteiger partial charge in [-0.15, -0.1) is 0 Å². The van der Waals surface area contributed by atoms with Crippen LogP contribution < -0.4 is 10.6 Å². The first-order chi connectivity index (χ1) is 9.84. The maximum atomic E-state index is 3.60. The summed E-state index contributed by atoms with van der Waals surface area (Å²) in [4.78, 5) is 2.46. The van der Waals surface area contributed by atoms with Crippen LogP contribution in [0.15, 0.2) is 42.5 Å². The molecule has 1 saturated heterocycles. The summed E-state index contributed by atoms with van der Waals surface area (Å²) in [5.41, 5.74) is 1.24. The van der Waals surface area contributed by atoms with Gasteiger partial charge in [0.05, 0.1) is 0 Å². The van der Waals surface area contributed by atoms with Crippen molar-refractivity contribution in [1.82, 2.24) is 10.2 Å². The molecule has 1 fully saturated rings. The quantitative estimate of drug-likeness (QED) is 0.893. The normalized spacial score (nSPS) is 20.1. The van der Waals surface area contributed by atoms with Gasteiger partial charge in [0.25, 0.3) is 0 Å². The average Bonchev–Trinajstić information content (AvgIpc) is 2.49. The highest BCUT2D eigenvalue weighted by Crippen LogP contribution is 2.22. The van der Waals surface area contributed by atoms with Crippen molar-refractivity contribution < 1.29 is 0 Å². The summed E-state index contributed by atoms with van der Waals surface area (Å²) < 4.78 is 0. The minimum atomic E-state index is 0.645. The van der Waals surface area contributed by atoms with Crippen LogP contribution in [0.25, 0.3) is 10.8 Å². The van der Waals surface area contributed by atoms with Gasteiger partial charge in [0.2, 0.25) is 0 Å². The van der Waals surface area contributed by atoms with Crippen molar-refractivity contribution in [3.05, 3.63) is 42.5 Å². The molecule has 1 unspecified atom stereocenters. The number of fused-ring (bicyclic) bond motifs is 1. The van der Waals surface area contributed by atoms with Gasteiger partial charge in [-0.1, -0.05) is 36.4 Å². The third-order valence-electron chi connectivity index (χ3n) is 4.23. The molecule has 0 spiro atoms. The maximum Gasteiger partial charge on any atom is 0.0419 e. The molecule has 1 aliphatic heterocycles. The Labute approximate surface area is 121 Å². The predicted octanol–water partition coefficient (Wildman–Crippen LogP) is 2.55. The second-order valence-electron chi connectivity index (χ2n) is 5.58. The summed E-state index contributed by atoms with van der Waals surface area (Å²) in [5, 5.41) is 9.69. The Morgan fingerprint density at radius 1 is 1.20 bits per heavy atom. The molecule has 1 aliphatic rings. The van der Waals surface area contributed by atoms with Crippen molar-refractivity contribution in [2.24, 2.45) is 0 Å². The summed E-state index contributed by atoms with van der Waals surface area (Å²) in [6.45, 7) is 4.39. The second kappa shape index (κ2) is 6.25. The first kappa shape index (κ1) is 13.4. The molecule has 3 heteroatoms. The minimum absolute atomic E-state index is 0.645. The third-order valence-corrected chi connectivity index (χ3v) is 4.23. The smallest absolute Gasteiger partial charge is 0.0419 e. The van der Waals surface area contributed by atoms with Crippen LogP contribution >= 0.6 is 0 Å².